The fourth-order valence-electron chi connectivity index (χ4n) is 2.66. The Morgan fingerprint density at radius 2 is 2.32 bits per heavy atom. The number of hydrogen-bond acceptors (Lipinski definition) is 5. The van der Waals surface area contributed by atoms with Gasteiger partial charge < -0.3 is 25.0 Å². The number of guanidine groups is 1. The van der Waals surface area contributed by atoms with Crippen LogP contribution < -0.4 is 15.5 Å². The van der Waals surface area contributed by atoms with Crippen molar-refractivity contribution in [1.29, 1.82) is 0 Å². The van der Waals surface area contributed by atoms with E-state index in [2.05, 4.69) is 32.4 Å². The number of anilines is 1. The number of rotatable bonds is 9. The van der Waals surface area contributed by atoms with Gasteiger partial charge in [0.25, 0.3) is 0 Å². The maximum atomic E-state index is 6.24. The van der Waals surface area contributed by atoms with Gasteiger partial charge in [0.1, 0.15) is 5.82 Å². The van der Waals surface area contributed by atoms with Crippen LogP contribution in [0.25, 0.3) is 0 Å². The van der Waals surface area contributed by atoms with E-state index < -0.39 is 0 Å². The number of methoxy groups -OCH3 is 1. The summed E-state index contributed by atoms with van der Waals surface area (Å²) < 4.78 is 10.4. The summed E-state index contributed by atoms with van der Waals surface area (Å²) in [6.45, 7) is 7.05. The van der Waals surface area contributed by atoms with Gasteiger partial charge in [-0.3, -0.25) is 4.99 Å². The summed E-state index contributed by atoms with van der Waals surface area (Å²) in [6, 6.07) is 4.03. The molecule has 2 rings (SSSR count). The molecule has 0 saturated carbocycles. The third kappa shape index (κ3) is 6.68. The summed E-state index contributed by atoms with van der Waals surface area (Å²) in [5.74, 6) is 1.67. The zero-order valence-electron chi connectivity index (χ0n) is 15.0. The van der Waals surface area contributed by atoms with Crippen LogP contribution in [0.5, 0.6) is 0 Å². The molecule has 7 nitrogen and oxygen atoms in total. The summed E-state index contributed by atoms with van der Waals surface area (Å²) in [5, 5.41) is 7.45. The molecule has 1 aromatic rings. The lowest BCUT2D eigenvalue weighted by atomic mass is 10.3. The fraction of sp³-hybridized carbons (Fsp3) is 0.647. The number of halogens is 1. The van der Waals surface area contributed by atoms with E-state index in [9.17, 15) is 0 Å². The van der Waals surface area contributed by atoms with E-state index in [1.165, 1.54) is 0 Å². The summed E-state index contributed by atoms with van der Waals surface area (Å²) in [7, 11) is 1.66. The van der Waals surface area contributed by atoms with Gasteiger partial charge >= 0.3 is 0 Å². The first kappa shape index (κ1) is 19.8. The van der Waals surface area contributed by atoms with Gasteiger partial charge in [-0.1, -0.05) is 11.6 Å². The van der Waals surface area contributed by atoms with Gasteiger partial charge in [-0.15, -0.1) is 0 Å². The van der Waals surface area contributed by atoms with Crippen molar-refractivity contribution in [1.82, 2.24) is 15.6 Å². The van der Waals surface area contributed by atoms with E-state index in [0.29, 0.717) is 37.4 Å². The maximum absolute atomic E-state index is 6.24. The monoisotopic (exact) mass is 369 g/mol. The number of nitrogens with zero attached hydrogens (tertiary/aromatic N) is 3. The molecule has 1 aliphatic rings. The first-order valence-electron chi connectivity index (χ1n) is 8.71. The van der Waals surface area contributed by atoms with Gasteiger partial charge in [-0.2, -0.15) is 0 Å². The minimum atomic E-state index is 0.310. The molecule has 0 radical (unpaired) electrons. The minimum Gasteiger partial charge on any atom is -0.382 e. The summed E-state index contributed by atoms with van der Waals surface area (Å²) in [6.07, 6.45) is 2.79. The first-order valence-corrected chi connectivity index (χ1v) is 9.09. The Labute approximate surface area is 154 Å². The van der Waals surface area contributed by atoms with Crippen molar-refractivity contribution < 1.29 is 9.47 Å². The molecule has 1 unspecified atom stereocenters. The van der Waals surface area contributed by atoms with Gasteiger partial charge in [-0.25, -0.2) is 4.98 Å². The average molecular weight is 370 g/mol. The smallest absolute Gasteiger partial charge is 0.191 e. The Balaban J connectivity index is 1.80. The lowest BCUT2D eigenvalue weighted by molar-refractivity contribution is 0.0748. The number of nitrogens with one attached hydrogen (secondary N) is 2. The maximum Gasteiger partial charge on any atom is 0.191 e. The van der Waals surface area contributed by atoms with E-state index in [1.54, 1.807) is 13.3 Å². The van der Waals surface area contributed by atoms with Crippen molar-refractivity contribution in [3.8, 4) is 0 Å². The molecule has 1 saturated heterocycles. The van der Waals surface area contributed by atoms with Gasteiger partial charge in [0, 0.05) is 39.0 Å². The predicted octanol–water partition coefficient (Wildman–Crippen LogP) is 1.53. The molecule has 2 heterocycles. The molecule has 8 heteroatoms. The fourth-order valence-corrected chi connectivity index (χ4v) is 2.90. The summed E-state index contributed by atoms with van der Waals surface area (Å²) in [5.41, 5.74) is 0. The van der Waals surface area contributed by atoms with Crippen LogP contribution in [0.2, 0.25) is 5.02 Å². The SMILES string of the molecule is CCNC(=NCCOCCOC)NC1CCN(c2ncccc2Cl)C1. The van der Waals surface area contributed by atoms with Crippen LogP contribution in [0, 0.1) is 0 Å². The third-order valence-electron chi connectivity index (χ3n) is 3.85. The molecule has 1 aliphatic heterocycles. The Morgan fingerprint density at radius 3 is 3.08 bits per heavy atom. The van der Waals surface area contributed by atoms with Crippen LogP contribution in [0.4, 0.5) is 5.82 Å². The molecule has 0 amide bonds. The number of hydrogen-bond donors (Lipinski definition) is 2. The molecule has 0 aromatic carbocycles. The predicted molar refractivity (Wildman–Crippen MR) is 102 cm³/mol. The average Bonchev–Trinajstić information content (AvgIpc) is 3.07. The van der Waals surface area contributed by atoms with E-state index in [0.717, 1.165) is 37.8 Å². The Kier molecular flexibility index (Phi) is 8.79. The molecule has 25 heavy (non-hydrogen) atoms. The lowest BCUT2D eigenvalue weighted by Crippen LogP contribution is -2.44. The van der Waals surface area contributed by atoms with Crippen molar-refractivity contribution in [3.63, 3.8) is 0 Å². The topological polar surface area (TPSA) is 71.0 Å². The van der Waals surface area contributed by atoms with Crippen LogP contribution in [-0.2, 0) is 9.47 Å². The van der Waals surface area contributed by atoms with Gasteiger partial charge in [0.05, 0.1) is 31.4 Å². The molecule has 2 N–H and O–H groups in total. The van der Waals surface area contributed by atoms with E-state index >= 15 is 0 Å². The zero-order valence-corrected chi connectivity index (χ0v) is 15.8. The van der Waals surface area contributed by atoms with Crippen molar-refractivity contribution in [2.75, 3.05) is 58.0 Å². The van der Waals surface area contributed by atoms with Crippen LogP contribution in [0.1, 0.15) is 13.3 Å². The van der Waals surface area contributed by atoms with Gasteiger partial charge in [-0.05, 0) is 25.5 Å². The van der Waals surface area contributed by atoms with Crippen LogP contribution in [-0.4, -0.2) is 70.1 Å². The van der Waals surface area contributed by atoms with Gasteiger partial charge in [0.2, 0.25) is 0 Å². The zero-order chi connectivity index (χ0) is 17.9. The normalized spacial score (nSPS) is 17.8. The molecule has 0 bridgehead atoms. The van der Waals surface area contributed by atoms with Crippen LogP contribution >= 0.6 is 11.6 Å². The van der Waals surface area contributed by atoms with Crippen molar-refractivity contribution in [3.05, 3.63) is 23.4 Å². The van der Waals surface area contributed by atoms with E-state index in [-0.39, 0.29) is 0 Å². The third-order valence-corrected chi connectivity index (χ3v) is 4.14. The second kappa shape index (κ2) is 11.1. The number of ether oxygens (including phenoxy) is 2. The molecule has 0 aliphatic carbocycles. The second-order valence-corrected chi connectivity index (χ2v) is 6.16. The highest BCUT2D eigenvalue weighted by molar-refractivity contribution is 6.32. The summed E-state index contributed by atoms with van der Waals surface area (Å²) >= 11 is 6.24. The van der Waals surface area contributed by atoms with Crippen LogP contribution in [0.15, 0.2) is 23.3 Å². The van der Waals surface area contributed by atoms with E-state index in [4.69, 9.17) is 21.1 Å². The largest absolute Gasteiger partial charge is 0.382 e. The van der Waals surface area contributed by atoms with Gasteiger partial charge in [0.15, 0.2) is 5.96 Å². The minimum absolute atomic E-state index is 0.310. The quantitative estimate of drug-likeness (QED) is 0.391. The molecule has 1 atom stereocenters. The van der Waals surface area contributed by atoms with Crippen LogP contribution in [0.3, 0.4) is 0 Å². The highest BCUT2D eigenvalue weighted by Gasteiger charge is 2.25. The molecule has 1 fully saturated rings. The molecular formula is C17H28ClN5O2. The number of pyridine rings is 1. The molecular weight excluding hydrogens is 342 g/mol. The Bertz CT molecular complexity index is 544. The second-order valence-electron chi connectivity index (χ2n) is 5.75. The standard InChI is InChI=1S/C17H28ClN5O2/c1-3-19-17(21-8-10-25-12-11-24-2)22-14-6-9-23(13-14)16-15(18)5-4-7-20-16/h4-5,7,14H,3,6,8-13H2,1-2H3,(H2,19,21,22). The Hall–Kier alpha value is -1.57. The number of aromatic nitrogens is 1. The first-order chi connectivity index (χ1) is 12.2. The van der Waals surface area contributed by atoms with Crippen molar-refractivity contribution in [2.24, 2.45) is 4.99 Å². The lowest BCUT2D eigenvalue weighted by Gasteiger charge is -2.20. The van der Waals surface area contributed by atoms with E-state index in [1.807, 2.05) is 12.1 Å². The number of aliphatic imine (C=N–C) groups is 1. The highest BCUT2D eigenvalue weighted by atomic mass is 35.5. The molecule has 140 valence electrons. The Morgan fingerprint density at radius 1 is 1.44 bits per heavy atom. The molecule has 0 spiro atoms. The highest BCUT2D eigenvalue weighted by Crippen LogP contribution is 2.25. The molecule has 1 aromatic heterocycles. The van der Waals surface area contributed by atoms with Crippen molar-refractivity contribution >= 4 is 23.4 Å². The summed E-state index contributed by atoms with van der Waals surface area (Å²) in [4.78, 5) is 11.2. The van der Waals surface area contributed by atoms with Crippen molar-refractivity contribution in [2.45, 2.75) is 19.4 Å².